The number of alkyl halides is 1. The zero-order valence-electron chi connectivity index (χ0n) is 8.59. The van der Waals surface area contributed by atoms with Crippen molar-refractivity contribution < 1.29 is 4.79 Å². The SMILES string of the molecule is Cc1nn(CCCCCl)c(C)c1C=O. The maximum Gasteiger partial charge on any atom is 0.153 e. The molecule has 3 nitrogen and oxygen atoms in total. The molecule has 0 radical (unpaired) electrons. The summed E-state index contributed by atoms with van der Waals surface area (Å²) in [6, 6.07) is 0. The van der Waals surface area contributed by atoms with E-state index in [1.54, 1.807) is 0 Å². The summed E-state index contributed by atoms with van der Waals surface area (Å²) < 4.78 is 1.88. The first-order chi connectivity index (χ1) is 6.70. The van der Waals surface area contributed by atoms with E-state index in [4.69, 9.17) is 11.6 Å². The highest BCUT2D eigenvalue weighted by molar-refractivity contribution is 6.17. The third-order valence-electron chi connectivity index (χ3n) is 2.31. The Morgan fingerprint density at radius 2 is 2.14 bits per heavy atom. The normalized spacial score (nSPS) is 10.5. The molecule has 4 heteroatoms. The average molecular weight is 215 g/mol. The van der Waals surface area contributed by atoms with Crippen molar-refractivity contribution in [1.82, 2.24) is 9.78 Å². The predicted octanol–water partition coefficient (Wildman–Crippen LogP) is 2.33. The summed E-state index contributed by atoms with van der Waals surface area (Å²) in [5.74, 6) is 0.680. The van der Waals surface area contributed by atoms with E-state index >= 15 is 0 Å². The van der Waals surface area contributed by atoms with Crippen LogP contribution in [0.5, 0.6) is 0 Å². The highest BCUT2D eigenvalue weighted by Crippen LogP contribution is 2.11. The largest absolute Gasteiger partial charge is 0.298 e. The topological polar surface area (TPSA) is 34.9 Å². The molecule has 1 aromatic heterocycles. The Labute approximate surface area is 89.1 Å². The first kappa shape index (κ1) is 11.2. The van der Waals surface area contributed by atoms with Crippen molar-refractivity contribution in [3.8, 4) is 0 Å². The highest BCUT2D eigenvalue weighted by Gasteiger charge is 2.09. The molecule has 14 heavy (non-hydrogen) atoms. The van der Waals surface area contributed by atoms with E-state index in [1.807, 2.05) is 18.5 Å². The second-order valence-electron chi connectivity index (χ2n) is 3.32. The molecule has 0 saturated heterocycles. The summed E-state index contributed by atoms with van der Waals surface area (Å²) in [6.45, 7) is 4.62. The van der Waals surface area contributed by atoms with Crippen molar-refractivity contribution >= 4 is 17.9 Å². The first-order valence-electron chi connectivity index (χ1n) is 4.76. The van der Waals surface area contributed by atoms with E-state index in [9.17, 15) is 4.79 Å². The quantitative estimate of drug-likeness (QED) is 0.429. The van der Waals surface area contributed by atoms with Crippen molar-refractivity contribution in [2.45, 2.75) is 33.2 Å². The Bertz CT molecular complexity index is 320. The lowest BCUT2D eigenvalue weighted by Gasteiger charge is -2.02. The average Bonchev–Trinajstić information content (AvgIpc) is 2.42. The molecule has 0 fully saturated rings. The zero-order chi connectivity index (χ0) is 10.6. The number of rotatable bonds is 5. The molecule has 0 unspecified atom stereocenters. The maximum absolute atomic E-state index is 10.7. The minimum atomic E-state index is 0.680. The molecule has 1 rings (SSSR count). The molecule has 0 spiro atoms. The molecule has 0 amide bonds. The molecule has 1 heterocycles. The van der Waals surface area contributed by atoms with Gasteiger partial charge in [0.2, 0.25) is 0 Å². The number of nitrogens with zero attached hydrogens (tertiary/aromatic N) is 2. The number of aryl methyl sites for hydroxylation is 2. The molecule has 0 aromatic carbocycles. The zero-order valence-corrected chi connectivity index (χ0v) is 9.34. The van der Waals surface area contributed by atoms with Crippen molar-refractivity contribution in [2.75, 3.05) is 5.88 Å². The molecule has 0 aliphatic carbocycles. The molecule has 0 aliphatic rings. The van der Waals surface area contributed by atoms with Crippen LogP contribution in [0.2, 0.25) is 0 Å². The lowest BCUT2D eigenvalue weighted by Crippen LogP contribution is -2.03. The van der Waals surface area contributed by atoms with Crippen LogP contribution < -0.4 is 0 Å². The van der Waals surface area contributed by atoms with Crippen LogP contribution in [-0.4, -0.2) is 21.9 Å². The van der Waals surface area contributed by atoms with Gasteiger partial charge in [0.15, 0.2) is 6.29 Å². The summed E-state index contributed by atoms with van der Waals surface area (Å²) in [6.07, 6.45) is 2.86. The number of unbranched alkanes of at least 4 members (excludes halogenated alkanes) is 1. The second-order valence-corrected chi connectivity index (χ2v) is 3.70. The van der Waals surface area contributed by atoms with Crippen LogP contribution in [0.3, 0.4) is 0 Å². The minimum absolute atomic E-state index is 0.680. The van der Waals surface area contributed by atoms with Gasteiger partial charge in [-0.05, 0) is 26.7 Å². The van der Waals surface area contributed by atoms with Gasteiger partial charge in [-0.25, -0.2) is 0 Å². The van der Waals surface area contributed by atoms with E-state index in [2.05, 4.69) is 5.10 Å². The van der Waals surface area contributed by atoms with Gasteiger partial charge in [0.25, 0.3) is 0 Å². The van der Waals surface area contributed by atoms with Gasteiger partial charge in [-0.3, -0.25) is 9.48 Å². The maximum atomic E-state index is 10.7. The van der Waals surface area contributed by atoms with Gasteiger partial charge in [0.05, 0.1) is 11.3 Å². The molecule has 0 saturated carbocycles. The fourth-order valence-electron chi connectivity index (χ4n) is 1.46. The number of aldehydes is 1. The third kappa shape index (κ3) is 2.35. The predicted molar refractivity (Wildman–Crippen MR) is 57.0 cm³/mol. The number of carbonyl (C=O) groups excluding carboxylic acids is 1. The molecule has 0 N–H and O–H groups in total. The van der Waals surface area contributed by atoms with Gasteiger partial charge in [0.1, 0.15) is 0 Å². The van der Waals surface area contributed by atoms with Crippen molar-refractivity contribution in [1.29, 1.82) is 0 Å². The smallest absolute Gasteiger partial charge is 0.153 e. The number of hydrogen-bond donors (Lipinski definition) is 0. The van der Waals surface area contributed by atoms with Crippen LogP contribution in [0.1, 0.15) is 34.6 Å². The number of hydrogen-bond acceptors (Lipinski definition) is 2. The number of carbonyl (C=O) groups is 1. The van der Waals surface area contributed by atoms with Gasteiger partial charge in [-0.1, -0.05) is 0 Å². The fourth-order valence-corrected chi connectivity index (χ4v) is 1.64. The molecule has 1 aromatic rings. The Morgan fingerprint density at radius 3 is 2.64 bits per heavy atom. The number of halogens is 1. The van der Waals surface area contributed by atoms with Crippen LogP contribution in [-0.2, 0) is 6.54 Å². The van der Waals surface area contributed by atoms with Crippen molar-refractivity contribution in [2.24, 2.45) is 0 Å². The van der Waals surface area contributed by atoms with Crippen LogP contribution in [0.25, 0.3) is 0 Å². The van der Waals surface area contributed by atoms with Crippen LogP contribution in [0, 0.1) is 13.8 Å². The molecule has 0 aliphatic heterocycles. The minimum Gasteiger partial charge on any atom is -0.298 e. The first-order valence-corrected chi connectivity index (χ1v) is 5.29. The van der Waals surface area contributed by atoms with Gasteiger partial charge in [-0.2, -0.15) is 5.10 Å². The molecule has 0 atom stereocenters. The van der Waals surface area contributed by atoms with Crippen molar-refractivity contribution in [3.05, 3.63) is 17.0 Å². The number of aromatic nitrogens is 2. The highest BCUT2D eigenvalue weighted by atomic mass is 35.5. The van der Waals surface area contributed by atoms with Gasteiger partial charge in [-0.15, -0.1) is 11.6 Å². The van der Waals surface area contributed by atoms with Gasteiger partial charge in [0, 0.05) is 18.1 Å². The summed E-state index contributed by atoms with van der Waals surface area (Å²) in [5.41, 5.74) is 2.48. The Kier molecular flexibility index (Phi) is 4.14. The van der Waals surface area contributed by atoms with Gasteiger partial charge < -0.3 is 0 Å². The van der Waals surface area contributed by atoms with Crippen LogP contribution in [0.15, 0.2) is 0 Å². The molecular formula is C10H15ClN2O. The Morgan fingerprint density at radius 1 is 1.43 bits per heavy atom. The van der Waals surface area contributed by atoms with Crippen molar-refractivity contribution in [3.63, 3.8) is 0 Å². The summed E-state index contributed by atoms with van der Waals surface area (Å²) in [4.78, 5) is 10.7. The van der Waals surface area contributed by atoms with E-state index in [0.29, 0.717) is 5.88 Å². The Hall–Kier alpha value is -0.830. The standard InChI is InChI=1S/C10H15ClN2O/c1-8-10(7-14)9(2)13(12-8)6-4-3-5-11/h7H,3-6H2,1-2H3. The van der Waals surface area contributed by atoms with E-state index in [-0.39, 0.29) is 0 Å². The van der Waals surface area contributed by atoms with Crippen LogP contribution in [0.4, 0.5) is 0 Å². The van der Waals surface area contributed by atoms with E-state index in [1.165, 1.54) is 0 Å². The lowest BCUT2D eigenvalue weighted by atomic mass is 10.2. The molecular weight excluding hydrogens is 200 g/mol. The summed E-state index contributed by atoms with van der Waals surface area (Å²) in [5, 5.41) is 4.30. The summed E-state index contributed by atoms with van der Waals surface area (Å²) >= 11 is 5.59. The molecule has 0 bridgehead atoms. The second kappa shape index (κ2) is 5.15. The van der Waals surface area contributed by atoms with Gasteiger partial charge >= 0.3 is 0 Å². The molecule has 78 valence electrons. The summed E-state index contributed by atoms with van der Waals surface area (Å²) in [7, 11) is 0. The fraction of sp³-hybridized carbons (Fsp3) is 0.600. The monoisotopic (exact) mass is 214 g/mol. The van der Waals surface area contributed by atoms with E-state index < -0.39 is 0 Å². The van der Waals surface area contributed by atoms with Crippen LogP contribution >= 0.6 is 11.6 Å². The third-order valence-corrected chi connectivity index (χ3v) is 2.58. The lowest BCUT2D eigenvalue weighted by molar-refractivity contribution is 0.112. The van der Waals surface area contributed by atoms with E-state index in [0.717, 1.165) is 42.6 Å². The Balaban J connectivity index is 2.73.